The van der Waals surface area contributed by atoms with E-state index in [1.165, 1.54) is 19.3 Å². The molecule has 0 bridgehead atoms. The van der Waals surface area contributed by atoms with Gasteiger partial charge in [-0.15, -0.1) is 0 Å². The Morgan fingerprint density at radius 3 is 2.88 bits per heavy atom. The summed E-state index contributed by atoms with van der Waals surface area (Å²) in [6.07, 6.45) is 11.7. The Hall–Kier alpha value is -2.21. The van der Waals surface area contributed by atoms with E-state index in [-0.39, 0.29) is 0 Å². The monoisotopic (exact) mass is 342 g/mol. The first kappa shape index (κ1) is 16.6. The largest absolute Gasteiger partial charge is 0.496 e. The van der Waals surface area contributed by atoms with E-state index in [4.69, 9.17) is 17.0 Å². The van der Waals surface area contributed by atoms with E-state index in [9.17, 15) is 0 Å². The summed E-state index contributed by atoms with van der Waals surface area (Å²) in [6, 6.07) is 7.86. The van der Waals surface area contributed by atoms with Crippen molar-refractivity contribution >= 4 is 24.5 Å². The number of aromatic amines is 1. The lowest BCUT2D eigenvalue weighted by Crippen LogP contribution is -2.10. The number of methoxy groups -OCH3 is 1. The van der Waals surface area contributed by atoms with Gasteiger partial charge >= 0.3 is 0 Å². The quantitative estimate of drug-likeness (QED) is 0.641. The molecule has 1 heterocycles. The van der Waals surface area contributed by atoms with Gasteiger partial charge in [-0.05, 0) is 43.3 Å². The topological polar surface area (TPSA) is 55.2 Å². The molecule has 2 aromatic rings. The van der Waals surface area contributed by atoms with Gasteiger partial charge in [-0.1, -0.05) is 37.5 Å². The second-order valence-electron chi connectivity index (χ2n) is 5.90. The maximum absolute atomic E-state index is 5.33. The van der Waals surface area contributed by atoms with E-state index < -0.39 is 0 Å². The van der Waals surface area contributed by atoms with Crippen LogP contribution in [0.5, 0.6) is 5.75 Å². The highest BCUT2D eigenvalue weighted by atomic mass is 32.1. The average molecular weight is 342 g/mol. The van der Waals surface area contributed by atoms with Crippen molar-refractivity contribution in [3.63, 3.8) is 0 Å². The van der Waals surface area contributed by atoms with Gasteiger partial charge in [0.2, 0.25) is 4.77 Å². The molecule has 1 aliphatic carbocycles. The Labute approximate surface area is 147 Å². The number of allylic oxidation sites excluding steroid dienone is 1. The molecular weight excluding hydrogens is 320 g/mol. The summed E-state index contributed by atoms with van der Waals surface area (Å²) in [4.78, 5) is 0. The molecule has 0 saturated heterocycles. The van der Waals surface area contributed by atoms with Crippen molar-refractivity contribution in [2.75, 3.05) is 7.11 Å². The maximum Gasteiger partial charge on any atom is 0.216 e. The number of benzene rings is 1. The van der Waals surface area contributed by atoms with Crippen molar-refractivity contribution in [2.24, 2.45) is 5.10 Å². The average Bonchev–Trinajstić information content (AvgIpc) is 3.00. The highest BCUT2D eigenvalue weighted by molar-refractivity contribution is 7.71. The molecule has 5 nitrogen and oxygen atoms in total. The van der Waals surface area contributed by atoms with E-state index in [0.717, 1.165) is 30.0 Å². The summed E-state index contributed by atoms with van der Waals surface area (Å²) in [5, 5.41) is 11.7. The summed E-state index contributed by atoms with van der Waals surface area (Å²) in [7, 11) is 1.67. The molecule has 1 saturated carbocycles. The van der Waals surface area contributed by atoms with Crippen LogP contribution in [0.1, 0.15) is 49.4 Å². The molecule has 0 aliphatic heterocycles. The fourth-order valence-electron chi connectivity index (χ4n) is 3.10. The van der Waals surface area contributed by atoms with Gasteiger partial charge < -0.3 is 4.74 Å². The number of para-hydroxylation sites is 1. The van der Waals surface area contributed by atoms with Crippen LogP contribution in [-0.4, -0.2) is 28.2 Å². The molecule has 0 amide bonds. The fraction of sp³-hybridized carbons (Fsp3) is 0.389. The van der Waals surface area contributed by atoms with Gasteiger partial charge in [0.05, 0.1) is 7.11 Å². The maximum atomic E-state index is 5.33. The SMILES string of the molecule is COc1ccccc1/C=C\C=N/n1c(C2CCCCC2)n[nH]c1=S. The number of hydrogen-bond donors (Lipinski definition) is 1. The van der Waals surface area contributed by atoms with Gasteiger partial charge in [0.25, 0.3) is 0 Å². The Morgan fingerprint density at radius 1 is 1.29 bits per heavy atom. The van der Waals surface area contributed by atoms with E-state index >= 15 is 0 Å². The smallest absolute Gasteiger partial charge is 0.216 e. The fourth-order valence-corrected chi connectivity index (χ4v) is 3.28. The third-order valence-corrected chi connectivity index (χ3v) is 4.59. The molecule has 6 heteroatoms. The van der Waals surface area contributed by atoms with Crippen molar-refractivity contribution in [3.05, 3.63) is 46.5 Å². The summed E-state index contributed by atoms with van der Waals surface area (Å²) in [5.74, 6) is 2.23. The number of ether oxygens (including phenoxy) is 1. The van der Waals surface area contributed by atoms with Gasteiger partial charge in [-0.2, -0.15) is 14.9 Å². The summed E-state index contributed by atoms with van der Waals surface area (Å²) in [6.45, 7) is 0. The van der Waals surface area contributed by atoms with Gasteiger partial charge in [-0.3, -0.25) is 5.10 Å². The van der Waals surface area contributed by atoms with Gasteiger partial charge in [0.1, 0.15) is 5.75 Å². The summed E-state index contributed by atoms with van der Waals surface area (Å²) >= 11 is 5.31. The molecule has 1 aromatic heterocycles. The van der Waals surface area contributed by atoms with Crippen LogP contribution in [0.2, 0.25) is 0 Å². The van der Waals surface area contributed by atoms with Crippen molar-refractivity contribution in [2.45, 2.75) is 38.0 Å². The van der Waals surface area contributed by atoms with E-state index in [1.54, 1.807) is 18.0 Å². The van der Waals surface area contributed by atoms with Crippen LogP contribution in [0.3, 0.4) is 0 Å². The lowest BCUT2D eigenvalue weighted by molar-refractivity contribution is 0.414. The molecule has 0 radical (unpaired) electrons. The van der Waals surface area contributed by atoms with Crippen molar-refractivity contribution in [3.8, 4) is 5.75 Å². The number of aromatic nitrogens is 3. The van der Waals surface area contributed by atoms with Gasteiger partial charge in [0, 0.05) is 17.7 Å². The third-order valence-electron chi connectivity index (χ3n) is 4.33. The van der Waals surface area contributed by atoms with E-state index in [0.29, 0.717) is 10.7 Å². The zero-order valence-corrected chi connectivity index (χ0v) is 14.6. The lowest BCUT2D eigenvalue weighted by atomic mass is 9.89. The summed E-state index contributed by atoms with van der Waals surface area (Å²) in [5.41, 5.74) is 1.01. The highest BCUT2D eigenvalue weighted by Gasteiger charge is 2.21. The van der Waals surface area contributed by atoms with Crippen LogP contribution in [-0.2, 0) is 0 Å². The number of rotatable bonds is 5. The van der Waals surface area contributed by atoms with E-state index in [1.807, 2.05) is 36.4 Å². The Morgan fingerprint density at radius 2 is 2.08 bits per heavy atom. The molecule has 3 rings (SSSR count). The number of H-pyrrole nitrogens is 1. The third kappa shape index (κ3) is 3.82. The van der Waals surface area contributed by atoms with Gasteiger partial charge in [-0.25, -0.2) is 0 Å². The molecule has 0 unspecified atom stereocenters. The second kappa shape index (κ2) is 8.06. The van der Waals surface area contributed by atoms with Crippen LogP contribution in [0.4, 0.5) is 0 Å². The number of nitrogens with one attached hydrogen (secondary N) is 1. The first-order valence-corrected chi connectivity index (χ1v) is 8.72. The number of hydrogen-bond acceptors (Lipinski definition) is 4. The van der Waals surface area contributed by atoms with Crippen molar-refractivity contribution < 1.29 is 4.74 Å². The van der Waals surface area contributed by atoms with Gasteiger partial charge in [0.15, 0.2) is 5.82 Å². The van der Waals surface area contributed by atoms with E-state index in [2.05, 4.69) is 15.3 Å². The van der Waals surface area contributed by atoms with Crippen molar-refractivity contribution in [1.29, 1.82) is 0 Å². The minimum Gasteiger partial charge on any atom is -0.496 e. The molecule has 1 aromatic carbocycles. The Kier molecular flexibility index (Phi) is 5.59. The molecule has 1 aliphatic rings. The van der Waals surface area contributed by atoms with Crippen LogP contribution in [0, 0.1) is 4.77 Å². The normalized spacial score (nSPS) is 16.2. The molecule has 1 fully saturated rings. The first-order chi connectivity index (χ1) is 11.8. The summed E-state index contributed by atoms with van der Waals surface area (Å²) < 4.78 is 7.62. The number of nitrogens with zero attached hydrogens (tertiary/aromatic N) is 3. The lowest BCUT2D eigenvalue weighted by Gasteiger charge is -2.19. The Balaban J connectivity index is 1.76. The van der Waals surface area contributed by atoms with Crippen LogP contribution < -0.4 is 4.74 Å². The minimum atomic E-state index is 0.446. The zero-order chi connectivity index (χ0) is 16.8. The van der Waals surface area contributed by atoms with Crippen molar-refractivity contribution in [1.82, 2.24) is 14.9 Å². The zero-order valence-electron chi connectivity index (χ0n) is 13.8. The molecule has 126 valence electrons. The first-order valence-electron chi connectivity index (χ1n) is 8.31. The predicted molar refractivity (Wildman–Crippen MR) is 99.2 cm³/mol. The van der Waals surface area contributed by atoms with Crippen LogP contribution >= 0.6 is 12.2 Å². The highest BCUT2D eigenvalue weighted by Crippen LogP contribution is 2.31. The minimum absolute atomic E-state index is 0.446. The van der Waals surface area contributed by atoms with Crippen LogP contribution in [0.25, 0.3) is 6.08 Å². The molecular formula is C18H22N4OS. The van der Waals surface area contributed by atoms with Crippen LogP contribution in [0.15, 0.2) is 35.4 Å². The second-order valence-corrected chi connectivity index (χ2v) is 6.29. The molecule has 24 heavy (non-hydrogen) atoms. The predicted octanol–water partition coefficient (Wildman–Crippen LogP) is 4.54. The Bertz CT molecular complexity index is 784. The molecule has 1 N–H and O–H groups in total. The standard InChI is InChI=1S/C18H22N4OS/c1-23-16-12-6-5-8-14(16)11-7-13-19-22-17(20-21-18(22)24)15-9-3-2-4-10-15/h5-8,11-13,15H,2-4,9-10H2,1H3,(H,21,24)/b11-7-,19-13-. The molecule has 0 spiro atoms. The molecule has 0 atom stereocenters.